The van der Waals surface area contributed by atoms with E-state index in [0.717, 1.165) is 19.0 Å². The van der Waals surface area contributed by atoms with Crippen LogP contribution in [0.15, 0.2) is 49.8 Å². The van der Waals surface area contributed by atoms with Crippen LogP contribution in [0.4, 0.5) is 5.69 Å². The van der Waals surface area contributed by atoms with Gasteiger partial charge in [-0.1, -0.05) is 56.8 Å². The molecule has 1 atom stereocenters. The van der Waals surface area contributed by atoms with Crippen molar-refractivity contribution in [3.8, 4) is 0 Å². The minimum atomic E-state index is -1.85. The van der Waals surface area contributed by atoms with Gasteiger partial charge in [-0.2, -0.15) is 0 Å². The Morgan fingerprint density at radius 3 is 2.21 bits per heavy atom. The van der Waals surface area contributed by atoms with Crippen LogP contribution in [0.5, 0.6) is 0 Å². The summed E-state index contributed by atoms with van der Waals surface area (Å²) in [5, 5.41) is 8.65. The van der Waals surface area contributed by atoms with E-state index in [1.807, 2.05) is 19.1 Å². The summed E-state index contributed by atoms with van der Waals surface area (Å²) in [4.78, 5) is 12.5. The van der Waals surface area contributed by atoms with Crippen LogP contribution in [0, 0.1) is 6.92 Å². The van der Waals surface area contributed by atoms with Gasteiger partial charge in [0.05, 0.1) is 5.69 Å². The molecule has 0 bridgehead atoms. The van der Waals surface area contributed by atoms with Crippen molar-refractivity contribution in [3.05, 3.63) is 60.9 Å². The molecule has 1 amide bonds. The van der Waals surface area contributed by atoms with Gasteiger partial charge in [-0.3, -0.25) is 4.79 Å². The quantitative estimate of drug-likeness (QED) is 0.196. The summed E-state index contributed by atoms with van der Waals surface area (Å²) in [7, 11) is 0. The predicted molar refractivity (Wildman–Crippen MR) is 132 cm³/mol. The van der Waals surface area contributed by atoms with Gasteiger partial charge in [0.25, 0.3) is 5.91 Å². The number of hydrogen-bond donors (Lipinski definition) is 3. The van der Waals surface area contributed by atoms with Gasteiger partial charge in [0, 0.05) is 19.0 Å². The summed E-state index contributed by atoms with van der Waals surface area (Å²) in [6.45, 7) is 1.96. The number of carbonyl (C=O) groups is 1. The lowest BCUT2D eigenvalue weighted by Gasteiger charge is -2.28. The second-order valence-electron chi connectivity index (χ2n) is 5.66. The lowest BCUT2D eigenvalue weighted by atomic mass is 10.2. The molecule has 4 nitrogen and oxygen atoms in total. The van der Waals surface area contributed by atoms with Crippen molar-refractivity contribution in [2.24, 2.45) is 0 Å². The molecule has 0 aliphatic rings. The SMILES string of the molecule is Cc1cc(Br)c(NC(=S)NC(NC(=O)c2cccc(Br)c2)C(Cl)(Cl)Cl)c(Br)c1. The van der Waals surface area contributed by atoms with Crippen LogP contribution in [0.1, 0.15) is 15.9 Å². The number of rotatable bonds is 4. The summed E-state index contributed by atoms with van der Waals surface area (Å²) in [6, 6.07) is 10.7. The van der Waals surface area contributed by atoms with Crippen LogP contribution in [-0.2, 0) is 0 Å². The topological polar surface area (TPSA) is 53.2 Å². The molecule has 0 aromatic heterocycles. The van der Waals surface area contributed by atoms with Gasteiger partial charge < -0.3 is 16.0 Å². The standard InChI is InChI=1S/C17H13Br3Cl3N3OS/c1-8-5-11(19)13(12(20)6-8)24-16(28)26-15(17(21,22)23)25-14(27)9-3-2-4-10(18)7-9/h2-7,15H,1H3,(H,25,27)(H2,24,26,28). The van der Waals surface area contributed by atoms with Crippen LogP contribution in [-0.4, -0.2) is 21.0 Å². The van der Waals surface area contributed by atoms with E-state index >= 15 is 0 Å². The molecule has 0 saturated carbocycles. The van der Waals surface area contributed by atoms with Gasteiger partial charge in [0.2, 0.25) is 3.79 Å². The third-order valence-electron chi connectivity index (χ3n) is 3.39. The highest BCUT2D eigenvalue weighted by Crippen LogP contribution is 2.33. The molecule has 150 valence electrons. The highest BCUT2D eigenvalue weighted by atomic mass is 79.9. The third-order valence-corrected chi connectivity index (χ3v) is 6.01. The van der Waals surface area contributed by atoms with Crippen LogP contribution in [0.2, 0.25) is 0 Å². The van der Waals surface area contributed by atoms with Crippen LogP contribution < -0.4 is 16.0 Å². The normalized spacial score (nSPS) is 12.2. The number of amides is 1. The molecular formula is C17H13Br3Cl3N3OS. The zero-order chi connectivity index (χ0) is 21.1. The number of aryl methyl sites for hydroxylation is 1. The maximum absolute atomic E-state index is 12.5. The van der Waals surface area contributed by atoms with Gasteiger partial charge in [0.1, 0.15) is 6.17 Å². The Balaban J connectivity index is 2.14. The van der Waals surface area contributed by atoms with Crippen molar-refractivity contribution < 1.29 is 4.79 Å². The molecule has 0 heterocycles. The highest BCUT2D eigenvalue weighted by Gasteiger charge is 2.35. The van der Waals surface area contributed by atoms with Crippen LogP contribution in [0.25, 0.3) is 0 Å². The third kappa shape index (κ3) is 7.00. The summed E-state index contributed by atoms with van der Waals surface area (Å²) < 4.78 is 0.499. The first-order chi connectivity index (χ1) is 13.0. The Labute approximate surface area is 208 Å². The number of hydrogen-bond acceptors (Lipinski definition) is 2. The van der Waals surface area contributed by atoms with Crippen LogP contribution >= 0.6 is 94.8 Å². The molecule has 2 rings (SSSR count). The lowest BCUT2D eigenvalue weighted by Crippen LogP contribution is -2.56. The van der Waals surface area contributed by atoms with Crippen molar-refractivity contribution >= 4 is 112 Å². The number of alkyl halides is 3. The Kier molecular flexibility index (Phi) is 8.88. The first kappa shape index (κ1) is 24.2. The Morgan fingerprint density at radius 2 is 1.68 bits per heavy atom. The second kappa shape index (κ2) is 10.3. The molecule has 0 aliphatic heterocycles. The van der Waals surface area contributed by atoms with E-state index in [1.165, 1.54) is 0 Å². The number of anilines is 1. The largest absolute Gasteiger partial charge is 0.339 e. The molecule has 0 spiro atoms. The average molecular weight is 653 g/mol. The number of carbonyl (C=O) groups excluding carboxylic acids is 1. The molecule has 3 N–H and O–H groups in total. The van der Waals surface area contributed by atoms with E-state index in [1.54, 1.807) is 24.3 Å². The molecular weight excluding hydrogens is 640 g/mol. The van der Waals surface area contributed by atoms with Gasteiger partial charge in [-0.15, -0.1) is 0 Å². The van der Waals surface area contributed by atoms with E-state index < -0.39 is 15.9 Å². The zero-order valence-electron chi connectivity index (χ0n) is 14.1. The smallest absolute Gasteiger partial charge is 0.253 e. The molecule has 0 saturated heterocycles. The van der Waals surface area contributed by atoms with Crippen LogP contribution in [0.3, 0.4) is 0 Å². The minimum Gasteiger partial charge on any atom is -0.339 e. The monoisotopic (exact) mass is 649 g/mol. The fourth-order valence-corrected chi connectivity index (χ4v) is 4.70. The zero-order valence-corrected chi connectivity index (χ0v) is 22.0. The van der Waals surface area contributed by atoms with E-state index in [4.69, 9.17) is 47.0 Å². The van der Waals surface area contributed by atoms with E-state index in [2.05, 4.69) is 63.7 Å². The van der Waals surface area contributed by atoms with Gasteiger partial charge in [-0.05, 0) is 86.9 Å². The summed E-state index contributed by atoms with van der Waals surface area (Å²) in [6.07, 6.45) is -1.08. The van der Waals surface area contributed by atoms with Crippen molar-refractivity contribution in [3.63, 3.8) is 0 Å². The average Bonchev–Trinajstić information content (AvgIpc) is 2.56. The number of nitrogens with one attached hydrogen (secondary N) is 3. The van der Waals surface area contributed by atoms with E-state index in [9.17, 15) is 4.79 Å². The Bertz CT molecular complexity index is 886. The molecule has 2 aromatic carbocycles. The lowest BCUT2D eigenvalue weighted by molar-refractivity contribution is 0.0934. The fraction of sp³-hybridized carbons (Fsp3) is 0.176. The molecule has 11 heteroatoms. The molecule has 1 unspecified atom stereocenters. The first-order valence-corrected chi connectivity index (χ1v) is 11.6. The van der Waals surface area contributed by atoms with E-state index in [-0.39, 0.29) is 5.11 Å². The van der Waals surface area contributed by atoms with E-state index in [0.29, 0.717) is 11.3 Å². The van der Waals surface area contributed by atoms with Gasteiger partial charge in [0.15, 0.2) is 5.11 Å². The van der Waals surface area contributed by atoms with Crippen molar-refractivity contribution in [1.29, 1.82) is 0 Å². The van der Waals surface area contributed by atoms with Gasteiger partial charge in [-0.25, -0.2) is 0 Å². The summed E-state index contributed by atoms with van der Waals surface area (Å²) in [5.41, 5.74) is 2.16. The molecule has 28 heavy (non-hydrogen) atoms. The second-order valence-corrected chi connectivity index (χ2v) is 11.1. The summed E-state index contributed by atoms with van der Waals surface area (Å²) >= 11 is 33.7. The molecule has 0 fully saturated rings. The first-order valence-electron chi connectivity index (χ1n) is 7.63. The van der Waals surface area contributed by atoms with Gasteiger partial charge >= 0.3 is 0 Å². The molecule has 0 radical (unpaired) electrons. The molecule has 0 aliphatic carbocycles. The summed E-state index contributed by atoms with van der Waals surface area (Å²) in [5.74, 6) is -0.425. The minimum absolute atomic E-state index is 0.163. The number of thiocarbonyl (C=S) groups is 1. The molecule has 2 aromatic rings. The van der Waals surface area contributed by atoms with Crippen molar-refractivity contribution in [2.45, 2.75) is 16.9 Å². The Hall–Kier alpha value is -0.0900. The Morgan fingerprint density at radius 1 is 1.07 bits per heavy atom. The predicted octanol–water partition coefficient (Wildman–Crippen LogP) is 6.70. The van der Waals surface area contributed by atoms with Crippen molar-refractivity contribution in [1.82, 2.24) is 10.6 Å². The number of benzene rings is 2. The fourth-order valence-electron chi connectivity index (χ4n) is 2.14. The highest BCUT2D eigenvalue weighted by molar-refractivity contribution is 9.11. The maximum Gasteiger partial charge on any atom is 0.253 e. The maximum atomic E-state index is 12.5. The van der Waals surface area contributed by atoms with Crippen molar-refractivity contribution in [2.75, 3.05) is 5.32 Å². The number of halogens is 6.